The smallest absolute Gasteiger partial charge is 0.269 e. The zero-order chi connectivity index (χ0) is 13.4. The summed E-state index contributed by atoms with van der Waals surface area (Å²) in [6, 6.07) is 13.9. The standard InChI is InChI=1S/C16H14N2O/c1-11-2-4-12(5-3-11)15-9-6-13(10-17)16(19)18(15)14-7-8-14/h2-6,9,14H,7-8H2,1H3. The molecule has 0 bridgehead atoms. The summed E-state index contributed by atoms with van der Waals surface area (Å²) >= 11 is 0. The number of hydrogen-bond donors (Lipinski definition) is 0. The third kappa shape index (κ3) is 2.06. The molecule has 3 nitrogen and oxygen atoms in total. The van der Waals surface area contributed by atoms with Gasteiger partial charge in [-0.05, 0) is 37.5 Å². The van der Waals surface area contributed by atoms with Gasteiger partial charge >= 0.3 is 0 Å². The van der Waals surface area contributed by atoms with Crippen LogP contribution in [0.1, 0.15) is 30.0 Å². The first-order valence-electron chi connectivity index (χ1n) is 6.43. The fourth-order valence-corrected chi connectivity index (χ4v) is 2.29. The fourth-order valence-electron chi connectivity index (χ4n) is 2.29. The maximum Gasteiger partial charge on any atom is 0.269 e. The Kier molecular flexibility index (Phi) is 2.72. The molecule has 1 saturated carbocycles. The van der Waals surface area contributed by atoms with Gasteiger partial charge in [-0.2, -0.15) is 5.26 Å². The average molecular weight is 250 g/mol. The lowest BCUT2D eigenvalue weighted by Gasteiger charge is -2.12. The summed E-state index contributed by atoms with van der Waals surface area (Å²) in [4.78, 5) is 12.3. The van der Waals surface area contributed by atoms with Crippen LogP contribution in [0.2, 0.25) is 0 Å². The number of aryl methyl sites for hydroxylation is 1. The normalized spacial score (nSPS) is 14.1. The first-order chi connectivity index (χ1) is 9.20. The summed E-state index contributed by atoms with van der Waals surface area (Å²) in [6.07, 6.45) is 2.04. The molecule has 3 rings (SSSR count). The molecule has 94 valence electrons. The van der Waals surface area contributed by atoms with E-state index < -0.39 is 0 Å². The SMILES string of the molecule is Cc1ccc(-c2ccc(C#N)c(=O)n2C2CC2)cc1. The highest BCUT2D eigenvalue weighted by molar-refractivity contribution is 5.61. The van der Waals surface area contributed by atoms with Crippen LogP contribution in [-0.4, -0.2) is 4.57 Å². The van der Waals surface area contributed by atoms with E-state index in [9.17, 15) is 4.79 Å². The van der Waals surface area contributed by atoms with E-state index in [0.717, 1.165) is 24.1 Å². The van der Waals surface area contributed by atoms with Crippen LogP contribution >= 0.6 is 0 Å². The van der Waals surface area contributed by atoms with E-state index in [1.165, 1.54) is 5.56 Å². The zero-order valence-electron chi connectivity index (χ0n) is 10.8. The minimum atomic E-state index is -0.164. The van der Waals surface area contributed by atoms with Crippen molar-refractivity contribution in [1.29, 1.82) is 5.26 Å². The van der Waals surface area contributed by atoms with Crippen molar-refractivity contribution in [2.75, 3.05) is 0 Å². The number of aromatic nitrogens is 1. The number of rotatable bonds is 2. The third-order valence-corrected chi connectivity index (χ3v) is 3.50. The molecule has 0 amide bonds. The molecule has 1 heterocycles. The lowest BCUT2D eigenvalue weighted by molar-refractivity contribution is 0.713. The molecule has 2 aromatic rings. The molecular weight excluding hydrogens is 236 g/mol. The van der Waals surface area contributed by atoms with Gasteiger partial charge in [0.15, 0.2) is 0 Å². The van der Waals surface area contributed by atoms with Crippen LogP contribution in [0.15, 0.2) is 41.2 Å². The van der Waals surface area contributed by atoms with Gasteiger partial charge in [0, 0.05) is 6.04 Å². The number of hydrogen-bond acceptors (Lipinski definition) is 2. The van der Waals surface area contributed by atoms with Crippen LogP contribution in [0, 0.1) is 18.3 Å². The summed E-state index contributed by atoms with van der Waals surface area (Å²) in [7, 11) is 0. The first-order valence-corrected chi connectivity index (χ1v) is 6.43. The number of benzene rings is 1. The molecule has 0 spiro atoms. The van der Waals surface area contributed by atoms with E-state index in [1.54, 1.807) is 10.6 Å². The maximum atomic E-state index is 12.3. The molecule has 0 radical (unpaired) electrons. The van der Waals surface area contributed by atoms with Gasteiger partial charge in [-0.3, -0.25) is 4.79 Å². The van der Waals surface area contributed by atoms with E-state index in [-0.39, 0.29) is 17.2 Å². The quantitative estimate of drug-likeness (QED) is 0.822. The van der Waals surface area contributed by atoms with Crippen molar-refractivity contribution in [2.45, 2.75) is 25.8 Å². The van der Waals surface area contributed by atoms with Gasteiger partial charge < -0.3 is 4.57 Å². The molecule has 1 aromatic heterocycles. The molecule has 0 aliphatic heterocycles. The van der Waals surface area contributed by atoms with E-state index in [0.29, 0.717) is 0 Å². The molecule has 1 fully saturated rings. The second kappa shape index (κ2) is 4.40. The zero-order valence-corrected chi connectivity index (χ0v) is 10.8. The Bertz CT molecular complexity index is 716. The van der Waals surface area contributed by atoms with Crippen molar-refractivity contribution in [3.63, 3.8) is 0 Å². The summed E-state index contributed by atoms with van der Waals surface area (Å²) in [5.74, 6) is 0. The predicted molar refractivity (Wildman–Crippen MR) is 73.9 cm³/mol. The van der Waals surface area contributed by atoms with Crippen LogP contribution in [0.3, 0.4) is 0 Å². The van der Waals surface area contributed by atoms with Crippen molar-refractivity contribution in [3.05, 3.63) is 57.9 Å². The highest BCUT2D eigenvalue weighted by atomic mass is 16.1. The predicted octanol–water partition coefficient (Wildman–Crippen LogP) is 3.03. The highest BCUT2D eigenvalue weighted by Gasteiger charge is 2.27. The molecule has 19 heavy (non-hydrogen) atoms. The topological polar surface area (TPSA) is 45.8 Å². The van der Waals surface area contributed by atoms with E-state index >= 15 is 0 Å². The van der Waals surface area contributed by atoms with Crippen molar-refractivity contribution in [1.82, 2.24) is 4.57 Å². The molecule has 1 aliphatic rings. The Hall–Kier alpha value is -2.34. The molecule has 1 aromatic carbocycles. The molecule has 0 saturated heterocycles. The van der Waals surface area contributed by atoms with Crippen LogP contribution in [0.5, 0.6) is 0 Å². The highest BCUT2D eigenvalue weighted by Crippen LogP contribution is 2.37. The van der Waals surface area contributed by atoms with Crippen LogP contribution in [-0.2, 0) is 0 Å². The second-order valence-corrected chi connectivity index (χ2v) is 5.02. The van der Waals surface area contributed by atoms with Crippen molar-refractivity contribution in [2.24, 2.45) is 0 Å². The van der Waals surface area contributed by atoms with Crippen LogP contribution in [0.4, 0.5) is 0 Å². The minimum Gasteiger partial charge on any atom is -0.304 e. The van der Waals surface area contributed by atoms with Gasteiger partial charge in [0.2, 0.25) is 0 Å². The van der Waals surface area contributed by atoms with E-state index in [2.05, 4.69) is 0 Å². The minimum absolute atomic E-state index is 0.164. The van der Waals surface area contributed by atoms with Gasteiger partial charge in [0.25, 0.3) is 5.56 Å². The Morgan fingerprint density at radius 2 is 1.84 bits per heavy atom. The second-order valence-electron chi connectivity index (χ2n) is 5.02. The maximum absolute atomic E-state index is 12.3. The van der Waals surface area contributed by atoms with Crippen LogP contribution in [0.25, 0.3) is 11.3 Å². The lowest BCUT2D eigenvalue weighted by atomic mass is 10.1. The van der Waals surface area contributed by atoms with Crippen molar-refractivity contribution in [3.8, 4) is 17.3 Å². The molecule has 0 N–H and O–H groups in total. The summed E-state index contributed by atoms with van der Waals surface area (Å²) in [5, 5.41) is 8.98. The van der Waals surface area contributed by atoms with E-state index in [1.807, 2.05) is 43.3 Å². The third-order valence-electron chi connectivity index (χ3n) is 3.50. The lowest BCUT2D eigenvalue weighted by Crippen LogP contribution is -2.23. The average Bonchev–Trinajstić information content (AvgIpc) is 3.23. The molecule has 0 atom stereocenters. The summed E-state index contributed by atoms with van der Waals surface area (Å²) < 4.78 is 1.78. The number of pyridine rings is 1. The van der Waals surface area contributed by atoms with Gasteiger partial charge in [-0.1, -0.05) is 29.8 Å². The largest absolute Gasteiger partial charge is 0.304 e. The Morgan fingerprint density at radius 3 is 2.42 bits per heavy atom. The monoisotopic (exact) mass is 250 g/mol. The van der Waals surface area contributed by atoms with Gasteiger partial charge in [-0.15, -0.1) is 0 Å². The molecule has 0 unspecified atom stereocenters. The Morgan fingerprint density at radius 1 is 1.16 bits per heavy atom. The number of nitrogens with zero attached hydrogens (tertiary/aromatic N) is 2. The summed E-state index contributed by atoms with van der Waals surface area (Å²) in [6.45, 7) is 2.04. The molecule has 3 heteroatoms. The Labute approximate surface area is 111 Å². The van der Waals surface area contributed by atoms with Gasteiger partial charge in [0.05, 0.1) is 5.69 Å². The summed E-state index contributed by atoms with van der Waals surface area (Å²) in [5.41, 5.74) is 3.19. The molecular formula is C16H14N2O. The first kappa shape index (κ1) is 11.7. The van der Waals surface area contributed by atoms with Gasteiger partial charge in [-0.25, -0.2) is 0 Å². The van der Waals surface area contributed by atoms with Crippen molar-refractivity contribution < 1.29 is 0 Å². The van der Waals surface area contributed by atoms with Crippen molar-refractivity contribution >= 4 is 0 Å². The van der Waals surface area contributed by atoms with E-state index in [4.69, 9.17) is 5.26 Å². The van der Waals surface area contributed by atoms with Gasteiger partial charge in [0.1, 0.15) is 11.6 Å². The Balaban J connectivity index is 2.21. The fraction of sp³-hybridized carbons (Fsp3) is 0.250. The molecule has 1 aliphatic carbocycles. The van der Waals surface area contributed by atoms with Crippen LogP contribution < -0.4 is 5.56 Å². The number of nitriles is 1.